The first-order valence-electron chi connectivity index (χ1n) is 8.65. The third kappa shape index (κ3) is 3.74. The van der Waals surface area contributed by atoms with Crippen LogP contribution < -0.4 is 5.32 Å². The standard InChI is InChI=1S/C20H14Cl2N4O3/c21-13-6-5-12(16(22)9-13)10-26-17(7-8-23-26)24-18(27)11-25-19(28)14-3-1-2-4-15(14)20(25)29/h1-9H,10-11H2,(H,24,27). The predicted molar refractivity (Wildman–Crippen MR) is 108 cm³/mol. The molecular formula is C20H14Cl2N4O3. The van der Waals surface area contributed by atoms with Gasteiger partial charge in [0.25, 0.3) is 11.8 Å². The fourth-order valence-electron chi connectivity index (χ4n) is 3.08. The molecular weight excluding hydrogens is 415 g/mol. The minimum Gasteiger partial charge on any atom is -0.309 e. The Morgan fingerprint density at radius 3 is 2.34 bits per heavy atom. The molecule has 0 spiro atoms. The molecule has 0 bridgehead atoms. The van der Waals surface area contributed by atoms with Gasteiger partial charge in [-0.1, -0.05) is 41.4 Å². The summed E-state index contributed by atoms with van der Waals surface area (Å²) >= 11 is 12.1. The van der Waals surface area contributed by atoms with Gasteiger partial charge >= 0.3 is 0 Å². The number of benzene rings is 2. The van der Waals surface area contributed by atoms with Gasteiger partial charge in [0.15, 0.2) is 0 Å². The van der Waals surface area contributed by atoms with Crippen molar-refractivity contribution in [3.8, 4) is 0 Å². The molecule has 1 aliphatic rings. The summed E-state index contributed by atoms with van der Waals surface area (Å²) in [6.07, 6.45) is 1.53. The first-order chi connectivity index (χ1) is 13.9. The highest BCUT2D eigenvalue weighted by Crippen LogP contribution is 2.24. The van der Waals surface area contributed by atoms with E-state index in [0.717, 1.165) is 10.5 Å². The summed E-state index contributed by atoms with van der Waals surface area (Å²) in [6.45, 7) is -0.0785. The Kier molecular flexibility index (Phi) is 5.08. The molecule has 7 nitrogen and oxygen atoms in total. The Balaban J connectivity index is 1.46. The van der Waals surface area contributed by atoms with E-state index in [1.165, 1.54) is 6.20 Å². The molecule has 1 N–H and O–H groups in total. The van der Waals surface area contributed by atoms with E-state index in [1.54, 1.807) is 53.2 Å². The molecule has 4 rings (SSSR count). The smallest absolute Gasteiger partial charge is 0.262 e. The molecule has 3 amide bonds. The SMILES string of the molecule is O=C(CN1C(=O)c2ccccc2C1=O)Nc1ccnn1Cc1ccc(Cl)cc1Cl. The number of halogens is 2. The van der Waals surface area contributed by atoms with Crippen LogP contribution in [-0.4, -0.2) is 38.9 Å². The molecule has 0 aliphatic carbocycles. The molecule has 0 atom stereocenters. The van der Waals surface area contributed by atoms with Crippen LogP contribution in [0.2, 0.25) is 10.0 Å². The molecule has 29 heavy (non-hydrogen) atoms. The zero-order valence-electron chi connectivity index (χ0n) is 14.9. The fourth-order valence-corrected chi connectivity index (χ4v) is 3.55. The first kappa shape index (κ1) is 19.2. The molecule has 0 saturated carbocycles. The van der Waals surface area contributed by atoms with E-state index >= 15 is 0 Å². The van der Waals surface area contributed by atoms with Gasteiger partial charge in [0.05, 0.1) is 23.9 Å². The fraction of sp³-hybridized carbons (Fsp3) is 0.100. The van der Waals surface area contributed by atoms with Crippen molar-refractivity contribution < 1.29 is 14.4 Å². The van der Waals surface area contributed by atoms with Crippen molar-refractivity contribution in [3.63, 3.8) is 0 Å². The van der Waals surface area contributed by atoms with E-state index in [1.807, 2.05) is 0 Å². The van der Waals surface area contributed by atoms with Crippen LogP contribution in [0.4, 0.5) is 5.82 Å². The number of aromatic nitrogens is 2. The summed E-state index contributed by atoms with van der Waals surface area (Å²) < 4.78 is 1.55. The summed E-state index contributed by atoms with van der Waals surface area (Å²) in [5, 5.41) is 7.87. The number of nitrogens with one attached hydrogen (secondary N) is 1. The molecule has 0 unspecified atom stereocenters. The second kappa shape index (κ2) is 7.69. The van der Waals surface area contributed by atoms with Gasteiger partial charge in [-0.25, -0.2) is 4.68 Å². The number of rotatable bonds is 5. The Hall–Kier alpha value is -3.16. The van der Waals surface area contributed by atoms with E-state index in [0.29, 0.717) is 33.5 Å². The maximum atomic E-state index is 12.5. The van der Waals surface area contributed by atoms with Crippen LogP contribution >= 0.6 is 23.2 Å². The van der Waals surface area contributed by atoms with E-state index in [4.69, 9.17) is 23.2 Å². The maximum absolute atomic E-state index is 12.5. The van der Waals surface area contributed by atoms with Gasteiger partial charge in [0.1, 0.15) is 12.4 Å². The van der Waals surface area contributed by atoms with Crippen molar-refractivity contribution in [2.24, 2.45) is 0 Å². The molecule has 3 aromatic rings. The number of hydrogen-bond acceptors (Lipinski definition) is 4. The van der Waals surface area contributed by atoms with Crippen LogP contribution in [0.5, 0.6) is 0 Å². The third-order valence-electron chi connectivity index (χ3n) is 4.50. The average molecular weight is 429 g/mol. The number of nitrogens with zero attached hydrogens (tertiary/aromatic N) is 3. The van der Waals surface area contributed by atoms with Crippen LogP contribution in [0, 0.1) is 0 Å². The lowest BCUT2D eigenvalue weighted by Gasteiger charge is -2.14. The van der Waals surface area contributed by atoms with Crippen LogP contribution in [-0.2, 0) is 11.3 Å². The first-order valence-corrected chi connectivity index (χ1v) is 9.40. The van der Waals surface area contributed by atoms with Crippen molar-refractivity contribution in [1.29, 1.82) is 0 Å². The number of carbonyl (C=O) groups excluding carboxylic acids is 3. The zero-order valence-corrected chi connectivity index (χ0v) is 16.4. The molecule has 1 aromatic heterocycles. The normalized spacial score (nSPS) is 13.0. The molecule has 0 radical (unpaired) electrons. The minimum atomic E-state index is -0.511. The zero-order chi connectivity index (χ0) is 20.5. The molecule has 0 fully saturated rings. The van der Waals surface area contributed by atoms with Crippen molar-refractivity contribution in [3.05, 3.63) is 81.5 Å². The van der Waals surface area contributed by atoms with Crippen LogP contribution in [0.25, 0.3) is 0 Å². The average Bonchev–Trinajstić information content (AvgIpc) is 3.22. The van der Waals surface area contributed by atoms with E-state index in [9.17, 15) is 14.4 Å². The summed E-state index contributed by atoms with van der Waals surface area (Å²) in [5.41, 5.74) is 1.37. The maximum Gasteiger partial charge on any atom is 0.262 e. The monoisotopic (exact) mass is 428 g/mol. The molecule has 1 aliphatic heterocycles. The van der Waals surface area contributed by atoms with Gasteiger partial charge in [0.2, 0.25) is 5.91 Å². The summed E-state index contributed by atoms with van der Waals surface area (Å²) in [5.74, 6) is -1.06. The Morgan fingerprint density at radius 1 is 1.00 bits per heavy atom. The number of hydrogen-bond donors (Lipinski definition) is 1. The van der Waals surface area contributed by atoms with E-state index < -0.39 is 17.7 Å². The van der Waals surface area contributed by atoms with Crippen molar-refractivity contribution in [2.45, 2.75) is 6.54 Å². The predicted octanol–water partition coefficient (Wildman–Crippen LogP) is 3.47. The van der Waals surface area contributed by atoms with Crippen LogP contribution in [0.15, 0.2) is 54.7 Å². The lowest BCUT2D eigenvalue weighted by Crippen LogP contribution is -2.37. The molecule has 2 aromatic carbocycles. The van der Waals surface area contributed by atoms with E-state index in [-0.39, 0.29) is 6.54 Å². The van der Waals surface area contributed by atoms with Gasteiger partial charge in [-0.05, 0) is 29.8 Å². The number of fused-ring (bicyclic) bond motifs is 1. The Morgan fingerprint density at radius 2 is 1.69 bits per heavy atom. The number of amides is 3. The largest absolute Gasteiger partial charge is 0.309 e. The quantitative estimate of drug-likeness (QED) is 0.630. The summed E-state index contributed by atoms with van der Waals surface area (Å²) in [6, 6.07) is 13.2. The van der Waals surface area contributed by atoms with Gasteiger partial charge in [0, 0.05) is 16.1 Å². The van der Waals surface area contributed by atoms with Crippen molar-refractivity contribution in [1.82, 2.24) is 14.7 Å². The number of anilines is 1. The molecule has 0 saturated heterocycles. The van der Waals surface area contributed by atoms with Gasteiger partial charge in [-0.3, -0.25) is 19.3 Å². The third-order valence-corrected chi connectivity index (χ3v) is 5.09. The van der Waals surface area contributed by atoms with E-state index in [2.05, 4.69) is 10.4 Å². The Labute approximate surface area is 175 Å². The highest BCUT2D eigenvalue weighted by Gasteiger charge is 2.36. The molecule has 146 valence electrons. The Bertz CT molecular complexity index is 1110. The van der Waals surface area contributed by atoms with Gasteiger partial charge in [-0.15, -0.1) is 0 Å². The van der Waals surface area contributed by atoms with Crippen molar-refractivity contribution >= 4 is 46.7 Å². The van der Waals surface area contributed by atoms with Crippen LogP contribution in [0.1, 0.15) is 26.3 Å². The lowest BCUT2D eigenvalue weighted by atomic mass is 10.1. The number of carbonyl (C=O) groups is 3. The second-order valence-electron chi connectivity index (χ2n) is 6.40. The lowest BCUT2D eigenvalue weighted by molar-refractivity contribution is -0.116. The van der Waals surface area contributed by atoms with Gasteiger partial charge < -0.3 is 5.32 Å². The topological polar surface area (TPSA) is 84.3 Å². The van der Waals surface area contributed by atoms with Crippen molar-refractivity contribution in [2.75, 3.05) is 11.9 Å². The number of imide groups is 1. The summed E-state index contributed by atoms with van der Waals surface area (Å²) in [4.78, 5) is 38.2. The second-order valence-corrected chi connectivity index (χ2v) is 7.24. The summed E-state index contributed by atoms with van der Waals surface area (Å²) in [7, 11) is 0. The highest BCUT2D eigenvalue weighted by atomic mass is 35.5. The van der Waals surface area contributed by atoms with Gasteiger partial charge in [-0.2, -0.15) is 5.10 Å². The molecule has 2 heterocycles. The molecule has 9 heteroatoms. The minimum absolute atomic E-state index is 0.299. The van der Waals surface area contributed by atoms with Crippen LogP contribution in [0.3, 0.4) is 0 Å². The highest BCUT2D eigenvalue weighted by molar-refractivity contribution is 6.35.